The Balaban J connectivity index is 2.43. The highest BCUT2D eigenvalue weighted by Crippen LogP contribution is 2.40. The molecule has 0 aliphatic heterocycles. The standard InChI is InChI=1S/C25H37NO9S/c1-17(27)26-15-10-16-36(32,33)35-22(25(2,3)21(28)23(29)30)20(18-11-6-4-7-12-18)34-24(31)19-13-8-5-9-14-19/h4,6-7,11-12,19-22,28H,5,8-10,13-16H2,1-3H3,(H,26,27)(H,29,30)/t20?,21-,22?/m0/s1. The Morgan fingerprint density at radius 2 is 1.72 bits per heavy atom. The molecule has 0 saturated heterocycles. The molecular formula is C25H37NO9S. The molecule has 1 aromatic rings. The lowest BCUT2D eigenvalue weighted by atomic mass is 9.76. The van der Waals surface area contributed by atoms with Crippen molar-refractivity contribution in [1.82, 2.24) is 5.32 Å². The number of nitrogens with one attached hydrogen (secondary N) is 1. The van der Waals surface area contributed by atoms with E-state index in [0.717, 1.165) is 19.3 Å². The molecule has 2 unspecified atom stereocenters. The third-order valence-corrected chi connectivity index (χ3v) is 7.74. The zero-order valence-corrected chi connectivity index (χ0v) is 21.8. The van der Waals surface area contributed by atoms with Crippen LogP contribution in [0.2, 0.25) is 0 Å². The zero-order valence-electron chi connectivity index (χ0n) is 21.0. The first-order valence-corrected chi connectivity index (χ1v) is 13.7. The number of ether oxygens (including phenoxy) is 1. The highest BCUT2D eigenvalue weighted by Gasteiger charge is 2.49. The Morgan fingerprint density at radius 3 is 2.28 bits per heavy atom. The molecule has 0 spiro atoms. The molecule has 3 atom stereocenters. The van der Waals surface area contributed by atoms with E-state index in [1.165, 1.54) is 20.8 Å². The number of rotatable bonds is 13. The molecule has 1 fully saturated rings. The van der Waals surface area contributed by atoms with Crippen molar-refractivity contribution in [3.63, 3.8) is 0 Å². The van der Waals surface area contributed by atoms with E-state index in [1.807, 2.05) is 0 Å². The van der Waals surface area contributed by atoms with E-state index in [9.17, 15) is 33.0 Å². The molecule has 10 nitrogen and oxygen atoms in total. The van der Waals surface area contributed by atoms with E-state index >= 15 is 0 Å². The Hall–Kier alpha value is -2.50. The lowest BCUT2D eigenvalue weighted by Crippen LogP contribution is -2.50. The number of carboxylic acids is 1. The monoisotopic (exact) mass is 527 g/mol. The van der Waals surface area contributed by atoms with Gasteiger partial charge in [-0.05, 0) is 24.8 Å². The van der Waals surface area contributed by atoms with Gasteiger partial charge in [-0.15, -0.1) is 0 Å². The predicted octanol–water partition coefficient (Wildman–Crippen LogP) is 2.56. The topological polar surface area (TPSA) is 156 Å². The van der Waals surface area contributed by atoms with Gasteiger partial charge in [-0.25, -0.2) is 4.79 Å². The van der Waals surface area contributed by atoms with Crippen molar-refractivity contribution in [3.8, 4) is 0 Å². The maximum absolute atomic E-state index is 13.1. The molecule has 36 heavy (non-hydrogen) atoms. The Bertz CT molecular complexity index is 988. The number of carbonyl (C=O) groups excluding carboxylic acids is 2. The summed E-state index contributed by atoms with van der Waals surface area (Å²) in [5, 5.41) is 22.5. The Kier molecular flexibility index (Phi) is 10.9. The Morgan fingerprint density at radius 1 is 1.11 bits per heavy atom. The highest BCUT2D eigenvalue weighted by molar-refractivity contribution is 7.86. The lowest BCUT2D eigenvalue weighted by molar-refractivity contribution is -0.175. The van der Waals surface area contributed by atoms with Gasteiger partial charge in [0.1, 0.15) is 6.10 Å². The summed E-state index contributed by atoms with van der Waals surface area (Å²) in [6.45, 7) is 4.12. The molecule has 0 bridgehead atoms. The summed E-state index contributed by atoms with van der Waals surface area (Å²) in [6, 6.07) is 8.34. The van der Waals surface area contributed by atoms with Crippen molar-refractivity contribution in [2.75, 3.05) is 12.3 Å². The summed E-state index contributed by atoms with van der Waals surface area (Å²) in [7, 11) is -4.28. The van der Waals surface area contributed by atoms with Gasteiger partial charge >= 0.3 is 11.9 Å². The molecule has 1 aromatic carbocycles. The van der Waals surface area contributed by atoms with Crippen LogP contribution >= 0.6 is 0 Å². The number of benzene rings is 1. The smallest absolute Gasteiger partial charge is 0.333 e. The van der Waals surface area contributed by atoms with Crippen molar-refractivity contribution >= 4 is 28.0 Å². The van der Waals surface area contributed by atoms with Gasteiger partial charge in [-0.2, -0.15) is 8.42 Å². The SMILES string of the molecule is CC(=O)NCCCS(=O)(=O)OC(C(OC(=O)C1CCCCC1)c1ccccc1)C(C)(C)[C@@H](O)C(=O)O. The molecule has 1 amide bonds. The van der Waals surface area contributed by atoms with E-state index in [-0.39, 0.29) is 24.8 Å². The molecule has 11 heteroatoms. The third-order valence-electron chi connectivity index (χ3n) is 6.45. The van der Waals surface area contributed by atoms with Crippen molar-refractivity contribution in [1.29, 1.82) is 0 Å². The molecule has 0 radical (unpaired) electrons. The summed E-state index contributed by atoms with van der Waals surface area (Å²) in [4.78, 5) is 35.9. The summed E-state index contributed by atoms with van der Waals surface area (Å²) < 4.78 is 37.3. The van der Waals surface area contributed by atoms with E-state index in [0.29, 0.717) is 18.4 Å². The largest absolute Gasteiger partial charge is 0.479 e. The number of hydrogen-bond acceptors (Lipinski definition) is 8. The van der Waals surface area contributed by atoms with Crippen LogP contribution in [-0.4, -0.2) is 61.0 Å². The summed E-state index contributed by atoms with van der Waals surface area (Å²) in [5.41, 5.74) is -1.28. The van der Waals surface area contributed by atoms with Crippen molar-refractivity contribution in [3.05, 3.63) is 35.9 Å². The van der Waals surface area contributed by atoms with E-state index in [2.05, 4.69) is 5.32 Å². The molecule has 2 rings (SSSR count). The number of esters is 1. The van der Waals surface area contributed by atoms with Crippen LogP contribution in [0.25, 0.3) is 0 Å². The number of hydrogen-bond donors (Lipinski definition) is 3. The van der Waals surface area contributed by atoms with E-state index < -0.39 is 51.5 Å². The van der Waals surface area contributed by atoms with Gasteiger partial charge in [-0.3, -0.25) is 13.8 Å². The van der Waals surface area contributed by atoms with Gasteiger partial charge in [0.2, 0.25) is 5.91 Å². The van der Waals surface area contributed by atoms with Gasteiger partial charge in [0, 0.05) is 18.9 Å². The van der Waals surface area contributed by atoms with Crippen LogP contribution in [0.4, 0.5) is 0 Å². The molecule has 3 N–H and O–H groups in total. The first kappa shape index (κ1) is 29.7. The summed E-state index contributed by atoms with van der Waals surface area (Å²) >= 11 is 0. The van der Waals surface area contributed by atoms with Crippen LogP contribution in [0.1, 0.15) is 71.0 Å². The van der Waals surface area contributed by atoms with Crippen LogP contribution in [0.15, 0.2) is 30.3 Å². The van der Waals surface area contributed by atoms with Crippen LogP contribution < -0.4 is 5.32 Å². The van der Waals surface area contributed by atoms with Gasteiger partial charge in [0.15, 0.2) is 12.2 Å². The fourth-order valence-corrected chi connectivity index (χ4v) is 5.52. The number of carbonyl (C=O) groups is 3. The van der Waals surface area contributed by atoms with Gasteiger partial charge in [-0.1, -0.05) is 63.4 Å². The maximum Gasteiger partial charge on any atom is 0.333 e. The summed E-state index contributed by atoms with van der Waals surface area (Å²) in [6.07, 6.45) is -0.747. The fourth-order valence-electron chi connectivity index (χ4n) is 4.26. The minimum absolute atomic E-state index is 0.0500. The van der Waals surface area contributed by atoms with Crippen LogP contribution in [0.3, 0.4) is 0 Å². The quantitative estimate of drug-likeness (QED) is 0.199. The average Bonchev–Trinajstić information content (AvgIpc) is 2.84. The molecular weight excluding hydrogens is 490 g/mol. The molecule has 1 aliphatic rings. The molecule has 1 saturated carbocycles. The average molecular weight is 528 g/mol. The van der Waals surface area contributed by atoms with E-state index in [4.69, 9.17) is 8.92 Å². The second kappa shape index (κ2) is 13.2. The number of carboxylic acid groups (broad SMARTS) is 1. The fraction of sp³-hybridized carbons (Fsp3) is 0.640. The van der Waals surface area contributed by atoms with Crippen molar-refractivity contribution in [2.24, 2.45) is 11.3 Å². The second-order valence-corrected chi connectivity index (χ2v) is 11.5. The predicted molar refractivity (Wildman–Crippen MR) is 131 cm³/mol. The van der Waals surface area contributed by atoms with Gasteiger partial charge in [0.25, 0.3) is 10.1 Å². The van der Waals surface area contributed by atoms with E-state index in [1.54, 1.807) is 30.3 Å². The van der Waals surface area contributed by atoms with Crippen LogP contribution in [0.5, 0.6) is 0 Å². The molecule has 202 valence electrons. The number of amides is 1. The maximum atomic E-state index is 13.1. The van der Waals surface area contributed by atoms with Crippen molar-refractivity contribution in [2.45, 2.75) is 77.6 Å². The minimum Gasteiger partial charge on any atom is -0.479 e. The first-order valence-electron chi connectivity index (χ1n) is 12.2. The van der Waals surface area contributed by atoms with Crippen LogP contribution in [-0.2, 0) is 33.4 Å². The highest BCUT2D eigenvalue weighted by atomic mass is 32.2. The molecule has 0 aromatic heterocycles. The molecule has 0 heterocycles. The van der Waals surface area contributed by atoms with Gasteiger partial charge in [0.05, 0.1) is 11.7 Å². The Labute approximate surface area is 212 Å². The van der Waals surface area contributed by atoms with Gasteiger partial charge < -0.3 is 20.3 Å². The normalized spacial score (nSPS) is 17.6. The van der Waals surface area contributed by atoms with Crippen LogP contribution in [0, 0.1) is 11.3 Å². The first-order chi connectivity index (χ1) is 16.8. The minimum atomic E-state index is -4.28. The summed E-state index contributed by atoms with van der Waals surface area (Å²) in [5.74, 6) is -3.22. The second-order valence-electron chi connectivity index (χ2n) is 9.78. The molecule has 1 aliphatic carbocycles. The van der Waals surface area contributed by atoms with Crippen molar-refractivity contribution < 1.29 is 41.9 Å². The number of aliphatic carboxylic acids is 1. The lowest BCUT2D eigenvalue weighted by Gasteiger charge is -2.40. The zero-order chi connectivity index (χ0) is 26.9. The number of aliphatic hydroxyl groups is 1. The number of aliphatic hydroxyl groups excluding tert-OH is 1. The third kappa shape index (κ3) is 8.56.